The number of hydrogen-bond donors (Lipinski definition) is 1. The van der Waals surface area contributed by atoms with Gasteiger partial charge in [0.1, 0.15) is 0 Å². The summed E-state index contributed by atoms with van der Waals surface area (Å²) in [5.74, 6) is 1.14. The van der Waals surface area contributed by atoms with Crippen molar-refractivity contribution in [3.63, 3.8) is 0 Å². The Kier molecular flexibility index (Phi) is 7.24. The number of hydrogen-bond acceptors (Lipinski definition) is 4. The molecule has 1 amide bonds. The van der Waals surface area contributed by atoms with E-state index in [4.69, 9.17) is 16.0 Å². The molecular weight excluding hydrogens is 472 g/mol. The highest BCUT2D eigenvalue weighted by Crippen LogP contribution is 2.25. The second-order valence-corrected chi connectivity index (χ2v) is 8.90. The Hall–Kier alpha value is -4.16. The van der Waals surface area contributed by atoms with E-state index in [0.717, 1.165) is 28.8 Å². The maximum absolute atomic E-state index is 12.5. The van der Waals surface area contributed by atoms with Gasteiger partial charge in [-0.15, -0.1) is 0 Å². The molecule has 7 heteroatoms. The second kappa shape index (κ2) is 11.1. The highest BCUT2D eigenvalue weighted by Gasteiger charge is 2.11. The van der Waals surface area contributed by atoms with Crippen molar-refractivity contribution in [3.8, 4) is 22.5 Å². The molecule has 0 fully saturated rings. The van der Waals surface area contributed by atoms with Gasteiger partial charge in [0, 0.05) is 42.4 Å². The van der Waals surface area contributed by atoms with Crippen LogP contribution in [0.2, 0.25) is 5.02 Å². The zero-order chi connectivity index (χ0) is 24.7. The molecule has 0 bridgehead atoms. The van der Waals surface area contributed by atoms with Crippen LogP contribution in [-0.2, 0) is 24.3 Å². The van der Waals surface area contributed by atoms with Gasteiger partial charge < -0.3 is 9.73 Å². The molecule has 0 saturated heterocycles. The first kappa shape index (κ1) is 23.6. The van der Waals surface area contributed by atoms with Crippen LogP contribution in [0.15, 0.2) is 102 Å². The number of halogens is 1. The number of aryl methyl sites for hydroxylation is 1. The summed E-state index contributed by atoms with van der Waals surface area (Å²) in [6.07, 6.45) is 6.13. The average molecular weight is 497 g/mol. The lowest BCUT2D eigenvalue weighted by atomic mass is 9.98. The number of carbonyl (C=O) groups excluding carboxylic acids is 1. The third-order valence-corrected chi connectivity index (χ3v) is 6.16. The number of nitrogens with zero attached hydrogens (tertiary/aromatic N) is 3. The molecule has 0 aliphatic carbocycles. The van der Waals surface area contributed by atoms with Crippen LogP contribution in [0.4, 0.5) is 0 Å². The van der Waals surface area contributed by atoms with Gasteiger partial charge in [-0.05, 0) is 52.6 Å². The van der Waals surface area contributed by atoms with E-state index >= 15 is 0 Å². The molecule has 0 unspecified atom stereocenters. The van der Waals surface area contributed by atoms with E-state index in [-0.39, 0.29) is 5.91 Å². The van der Waals surface area contributed by atoms with Gasteiger partial charge in [0.15, 0.2) is 11.7 Å². The van der Waals surface area contributed by atoms with Gasteiger partial charge in [0.2, 0.25) is 5.91 Å². The van der Waals surface area contributed by atoms with Crippen LogP contribution in [0.1, 0.15) is 23.4 Å². The zero-order valence-corrected chi connectivity index (χ0v) is 20.4. The standard InChI is InChI=1S/C29H25ClN4O2/c30-25-12-10-23(11-13-25)27-19-32-29(36-27)15-14-28(35)31-18-24-4-1-2-5-26(24)22-8-6-21(7-9-22)20-34-17-3-16-33-34/h1-13,16-17,19H,14-15,18,20H2,(H,31,35). The number of rotatable bonds is 9. The lowest BCUT2D eigenvalue weighted by Crippen LogP contribution is -2.23. The third-order valence-electron chi connectivity index (χ3n) is 5.91. The average Bonchev–Trinajstić information content (AvgIpc) is 3.60. The fourth-order valence-electron chi connectivity index (χ4n) is 4.00. The minimum atomic E-state index is -0.0504. The van der Waals surface area contributed by atoms with Crippen molar-refractivity contribution in [2.75, 3.05) is 0 Å². The lowest BCUT2D eigenvalue weighted by molar-refractivity contribution is -0.121. The summed E-state index contributed by atoms with van der Waals surface area (Å²) in [4.78, 5) is 16.8. The van der Waals surface area contributed by atoms with E-state index in [1.165, 1.54) is 5.56 Å². The number of carbonyl (C=O) groups is 1. The van der Waals surface area contributed by atoms with Crippen LogP contribution in [0.5, 0.6) is 0 Å². The Morgan fingerprint density at radius 1 is 0.944 bits per heavy atom. The highest BCUT2D eigenvalue weighted by atomic mass is 35.5. The highest BCUT2D eigenvalue weighted by molar-refractivity contribution is 6.30. The van der Waals surface area contributed by atoms with Crippen LogP contribution in [0.3, 0.4) is 0 Å². The molecular formula is C29H25ClN4O2. The van der Waals surface area contributed by atoms with E-state index in [9.17, 15) is 4.79 Å². The predicted molar refractivity (Wildman–Crippen MR) is 140 cm³/mol. The van der Waals surface area contributed by atoms with Crippen molar-refractivity contribution in [2.45, 2.75) is 25.9 Å². The maximum Gasteiger partial charge on any atom is 0.220 e. The first-order valence-corrected chi connectivity index (χ1v) is 12.1. The summed E-state index contributed by atoms with van der Waals surface area (Å²) in [6, 6.07) is 25.9. The predicted octanol–water partition coefficient (Wildman–Crippen LogP) is 6.16. The monoisotopic (exact) mass is 496 g/mol. The molecule has 0 radical (unpaired) electrons. The Morgan fingerprint density at radius 3 is 2.50 bits per heavy atom. The zero-order valence-electron chi connectivity index (χ0n) is 19.6. The second-order valence-electron chi connectivity index (χ2n) is 8.46. The van der Waals surface area contributed by atoms with Crippen molar-refractivity contribution >= 4 is 17.5 Å². The SMILES string of the molecule is O=C(CCc1ncc(-c2ccc(Cl)cc2)o1)NCc1ccccc1-c1ccc(Cn2cccn2)cc1. The lowest BCUT2D eigenvalue weighted by Gasteiger charge is -2.12. The van der Waals surface area contributed by atoms with Crippen molar-refractivity contribution in [1.82, 2.24) is 20.1 Å². The Morgan fingerprint density at radius 2 is 1.72 bits per heavy atom. The molecule has 0 aliphatic heterocycles. The molecule has 5 aromatic rings. The minimum Gasteiger partial charge on any atom is -0.441 e. The Bertz CT molecular complexity index is 1430. The topological polar surface area (TPSA) is 73.0 Å². The quantitative estimate of drug-likeness (QED) is 0.265. The first-order chi connectivity index (χ1) is 17.6. The van der Waals surface area contributed by atoms with Crippen molar-refractivity contribution < 1.29 is 9.21 Å². The molecule has 1 N–H and O–H groups in total. The van der Waals surface area contributed by atoms with Gasteiger partial charge in [-0.1, -0.05) is 60.1 Å². The molecule has 2 aromatic heterocycles. The van der Waals surface area contributed by atoms with Gasteiger partial charge in [-0.3, -0.25) is 9.48 Å². The van der Waals surface area contributed by atoms with Crippen LogP contribution < -0.4 is 5.32 Å². The van der Waals surface area contributed by atoms with E-state index in [2.05, 4.69) is 45.7 Å². The Labute approximate surface area is 214 Å². The molecule has 5 rings (SSSR count). The molecule has 6 nitrogen and oxygen atoms in total. The summed E-state index contributed by atoms with van der Waals surface area (Å²) in [5, 5.41) is 7.96. The van der Waals surface area contributed by atoms with Crippen molar-refractivity contribution in [1.29, 1.82) is 0 Å². The van der Waals surface area contributed by atoms with E-state index in [1.807, 2.05) is 47.3 Å². The minimum absolute atomic E-state index is 0.0504. The van der Waals surface area contributed by atoms with Crippen molar-refractivity contribution in [3.05, 3.63) is 119 Å². The summed E-state index contributed by atoms with van der Waals surface area (Å²) in [5.41, 5.74) is 5.35. The molecule has 180 valence electrons. The molecule has 0 atom stereocenters. The molecule has 0 aliphatic rings. The van der Waals surface area contributed by atoms with Gasteiger partial charge in [-0.2, -0.15) is 5.10 Å². The number of amides is 1. The number of aromatic nitrogens is 3. The smallest absolute Gasteiger partial charge is 0.220 e. The maximum atomic E-state index is 12.5. The van der Waals surface area contributed by atoms with Crippen LogP contribution in [-0.4, -0.2) is 20.7 Å². The number of oxazole rings is 1. The summed E-state index contributed by atoms with van der Waals surface area (Å²) in [7, 11) is 0. The van der Waals surface area contributed by atoms with Gasteiger partial charge in [0.25, 0.3) is 0 Å². The molecule has 36 heavy (non-hydrogen) atoms. The fourth-order valence-corrected chi connectivity index (χ4v) is 4.13. The van der Waals surface area contributed by atoms with Gasteiger partial charge in [0.05, 0.1) is 12.7 Å². The summed E-state index contributed by atoms with van der Waals surface area (Å²) < 4.78 is 7.70. The number of nitrogens with one attached hydrogen (secondary N) is 1. The van der Waals surface area contributed by atoms with E-state index in [0.29, 0.717) is 36.1 Å². The molecule has 0 saturated carbocycles. The van der Waals surface area contributed by atoms with Crippen LogP contribution in [0.25, 0.3) is 22.5 Å². The molecule has 2 heterocycles. The largest absolute Gasteiger partial charge is 0.441 e. The summed E-state index contributed by atoms with van der Waals surface area (Å²) >= 11 is 5.94. The number of benzene rings is 3. The normalized spacial score (nSPS) is 10.9. The van der Waals surface area contributed by atoms with E-state index in [1.54, 1.807) is 24.5 Å². The first-order valence-electron chi connectivity index (χ1n) is 11.8. The van der Waals surface area contributed by atoms with Gasteiger partial charge in [-0.25, -0.2) is 4.98 Å². The van der Waals surface area contributed by atoms with Crippen LogP contribution in [0, 0.1) is 0 Å². The molecule has 0 spiro atoms. The van der Waals surface area contributed by atoms with E-state index < -0.39 is 0 Å². The molecule has 3 aromatic carbocycles. The van der Waals surface area contributed by atoms with Crippen LogP contribution >= 0.6 is 11.6 Å². The fraction of sp³-hybridized carbons (Fsp3) is 0.138. The third kappa shape index (κ3) is 5.90. The van der Waals surface area contributed by atoms with Crippen molar-refractivity contribution in [2.24, 2.45) is 0 Å². The van der Waals surface area contributed by atoms with Gasteiger partial charge >= 0.3 is 0 Å². The Balaban J connectivity index is 1.16. The summed E-state index contributed by atoms with van der Waals surface area (Å²) in [6.45, 7) is 1.18.